The van der Waals surface area contributed by atoms with Gasteiger partial charge in [0.2, 0.25) is 15.9 Å². The average molecular weight is 431 g/mol. The van der Waals surface area contributed by atoms with Crippen molar-refractivity contribution >= 4 is 27.6 Å². The van der Waals surface area contributed by atoms with Gasteiger partial charge in [-0.1, -0.05) is 30.3 Å². The third-order valence-corrected chi connectivity index (χ3v) is 7.18. The lowest BCUT2D eigenvalue weighted by Gasteiger charge is -2.31. The first-order chi connectivity index (χ1) is 14.3. The van der Waals surface area contributed by atoms with Crippen LogP contribution in [0.2, 0.25) is 0 Å². The summed E-state index contributed by atoms with van der Waals surface area (Å²) in [7, 11) is -3.42. The van der Waals surface area contributed by atoms with E-state index in [-0.39, 0.29) is 23.8 Å². The third kappa shape index (κ3) is 5.90. The summed E-state index contributed by atoms with van der Waals surface area (Å²) in [5.41, 5.74) is 1.74. The maximum Gasteiger partial charge on any atom is 0.335 e. The summed E-state index contributed by atoms with van der Waals surface area (Å²) < 4.78 is 26.9. The number of carbonyl (C=O) groups excluding carboxylic acids is 1. The molecule has 1 atom stereocenters. The Bertz CT molecular complexity index is 974. The van der Waals surface area contributed by atoms with E-state index in [9.17, 15) is 18.0 Å². The summed E-state index contributed by atoms with van der Waals surface area (Å²) in [6.45, 7) is 0.609. The predicted molar refractivity (Wildman–Crippen MR) is 115 cm³/mol. The van der Waals surface area contributed by atoms with Crippen LogP contribution in [0.4, 0.5) is 5.69 Å². The number of sulfonamides is 1. The van der Waals surface area contributed by atoms with Crippen molar-refractivity contribution in [2.75, 3.05) is 24.2 Å². The van der Waals surface area contributed by atoms with Crippen LogP contribution in [0.1, 0.15) is 35.2 Å². The number of carbonyl (C=O) groups is 2. The molecule has 160 valence electrons. The summed E-state index contributed by atoms with van der Waals surface area (Å²) in [5, 5.41) is 11.7. The number of nitrogens with one attached hydrogen (secondary N) is 1. The van der Waals surface area contributed by atoms with Gasteiger partial charge in [-0.3, -0.25) is 4.79 Å². The molecule has 0 aromatic heterocycles. The Kier molecular flexibility index (Phi) is 7.23. The van der Waals surface area contributed by atoms with Gasteiger partial charge in [-0.2, -0.15) is 0 Å². The van der Waals surface area contributed by atoms with Crippen LogP contribution in [-0.4, -0.2) is 48.5 Å². The van der Waals surface area contributed by atoms with Gasteiger partial charge >= 0.3 is 5.97 Å². The maximum atomic E-state index is 12.7. The number of anilines is 1. The molecule has 1 heterocycles. The van der Waals surface area contributed by atoms with Gasteiger partial charge in [0.1, 0.15) is 0 Å². The number of piperidine rings is 1. The minimum atomic E-state index is -3.42. The molecule has 1 amide bonds. The van der Waals surface area contributed by atoms with E-state index in [1.54, 1.807) is 0 Å². The molecule has 30 heavy (non-hydrogen) atoms. The molecule has 2 N–H and O–H groups in total. The Morgan fingerprint density at radius 3 is 2.43 bits per heavy atom. The summed E-state index contributed by atoms with van der Waals surface area (Å²) in [5.74, 6) is -1.65. The highest BCUT2D eigenvalue weighted by Crippen LogP contribution is 2.22. The number of hydrogen-bond donors (Lipinski definition) is 2. The fraction of sp³-hybridized carbons (Fsp3) is 0.364. The maximum absolute atomic E-state index is 12.7. The number of aryl methyl sites for hydroxylation is 1. The number of hydrogen-bond acceptors (Lipinski definition) is 4. The molecular weight excluding hydrogens is 404 g/mol. The van der Waals surface area contributed by atoms with Gasteiger partial charge in [0.25, 0.3) is 0 Å². The van der Waals surface area contributed by atoms with E-state index in [1.165, 1.54) is 28.6 Å². The van der Waals surface area contributed by atoms with E-state index in [0.29, 0.717) is 37.9 Å². The average Bonchev–Trinajstić information content (AvgIpc) is 2.75. The predicted octanol–water partition coefficient (Wildman–Crippen LogP) is 3.00. The van der Waals surface area contributed by atoms with Crippen LogP contribution in [0.25, 0.3) is 0 Å². The summed E-state index contributed by atoms with van der Waals surface area (Å²) in [6.07, 6.45) is 2.49. The van der Waals surface area contributed by atoms with Crippen molar-refractivity contribution in [2.24, 2.45) is 5.92 Å². The van der Waals surface area contributed by atoms with Crippen LogP contribution >= 0.6 is 0 Å². The van der Waals surface area contributed by atoms with Crippen LogP contribution in [0.15, 0.2) is 54.6 Å². The Balaban J connectivity index is 1.54. The number of nitrogens with zero attached hydrogens (tertiary/aromatic N) is 1. The Morgan fingerprint density at radius 2 is 1.77 bits per heavy atom. The van der Waals surface area contributed by atoms with Gasteiger partial charge in [-0.25, -0.2) is 17.5 Å². The number of benzene rings is 2. The largest absolute Gasteiger partial charge is 0.478 e. The van der Waals surface area contributed by atoms with Crippen molar-refractivity contribution in [3.8, 4) is 0 Å². The standard InChI is InChI=1S/C22H26N2O5S/c25-21(23-20-12-10-18(11-13-20)22(26)27)19-9-4-14-24(16-19)30(28,29)15-5-8-17-6-2-1-3-7-17/h1-3,6-7,10-13,19H,4-5,8-9,14-16H2,(H,23,25)(H,26,27)/t19-/m1/s1. The molecule has 7 nitrogen and oxygen atoms in total. The molecule has 0 spiro atoms. The van der Waals surface area contributed by atoms with Crippen molar-refractivity contribution in [3.05, 3.63) is 65.7 Å². The van der Waals surface area contributed by atoms with Gasteiger partial charge in [-0.15, -0.1) is 0 Å². The smallest absolute Gasteiger partial charge is 0.335 e. The zero-order valence-electron chi connectivity index (χ0n) is 16.7. The van der Waals surface area contributed by atoms with Crippen molar-refractivity contribution < 1.29 is 23.1 Å². The van der Waals surface area contributed by atoms with Crippen molar-refractivity contribution in [1.82, 2.24) is 4.31 Å². The van der Waals surface area contributed by atoms with Crippen LogP contribution in [0.5, 0.6) is 0 Å². The first-order valence-corrected chi connectivity index (χ1v) is 11.6. The second-order valence-corrected chi connectivity index (χ2v) is 9.56. The topological polar surface area (TPSA) is 104 Å². The molecule has 0 saturated carbocycles. The molecule has 8 heteroatoms. The normalized spacial score (nSPS) is 17.4. The Morgan fingerprint density at radius 1 is 1.07 bits per heavy atom. The van der Waals surface area contributed by atoms with E-state index in [4.69, 9.17) is 5.11 Å². The van der Waals surface area contributed by atoms with Crippen LogP contribution in [0, 0.1) is 5.92 Å². The van der Waals surface area contributed by atoms with E-state index >= 15 is 0 Å². The molecule has 0 unspecified atom stereocenters. The Labute approximate surface area is 176 Å². The minimum absolute atomic E-state index is 0.0624. The molecule has 1 saturated heterocycles. The van der Waals surface area contributed by atoms with E-state index < -0.39 is 21.9 Å². The summed E-state index contributed by atoms with van der Waals surface area (Å²) in [6, 6.07) is 15.7. The number of rotatable bonds is 8. The van der Waals surface area contributed by atoms with E-state index in [1.807, 2.05) is 30.3 Å². The van der Waals surface area contributed by atoms with Gasteiger partial charge in [0, 0.05) is 18.8 Å². The molecule has 0 radical (unpaired) electrons. The first kappa shape index (κ1) is 22.0. The molecule has 1 fully saturated rings. The van der Waals surface area contributed by atoms with Crippen LogP contribution < -0.4 is 5.32 Å². The quantitative estimate of drug-likeness (QED) is 0.670. The number of aromatic carboxylic acids is 1. The van der Waals surface area contributed by atoms with Gasteiger partial charge in [-0.05, 0) is 55.5 Å². The summed E-state index contributed by atoms with van der Waals surface area (Å²) in [4.78, 5) is 23.5. The second kappa shape index (κ2) is 9.86. The zero-order valence-corrected chi connectivity index (χ0v) is 17.5. The molecule has 2 aromatic carbocycles. The lowest BCUT2D eigenvalue weighted by molar-refractivity contribution is -0.120. The highest BCUT2D eigenvalue weighted by Gasteiger charge is 2.32. The molecule has 2 aromatic rings. The molecule has 1 aliphatic heterocycles. The third-order valence-electron chi connectivity index (χ3n) is 5.26. The van der Waals surface area contributed by atoms with Gasteiger partial charge in [0.05, 0.1) is 17.2 Å². The SMILES string of the molecule is O=C(O)c1ccc(NC(=O)[C@@H]2CCCN(S(=O)(=O)CCCc3ccccc3)C2)cc1. The van der Waals surface area contributed by atoms with Gasteiger partial charge < -0.3 is 10.4 Å². The molecular formula is C22H26N2O5S. The zero-order chi connectivity index (χ0) is 21.6. The monoisotopic (exact) mass is 430 g/mol. The Hall–Kier alpha value is -2.71. The summed E-state index contributed by atoms with van der Waals surface area (Å²) >= 11 is 0. The van der Waals surface area contributed by atoms with Crippen LogP contribution in [0.3, 0.4) is 0 Å². The van der Waals surface area contributed by atoms with Crippen molar-refractivity contribution in [3.63, 3.8) is 0 Å². The molecule has 0 bridgehead atoms. The number of amides is 1. The number of carboxylic acids is 1. The lowest BCUT2D eigenvalue weighted by Crippen LogP contribution is -2.44. The van der Waals surface area contributed by atoms with Crippen molar-refractivity contribution in [2.45, 2.75) is 25.7 Å². The van der Waals surface area contributed by atoms with Gasteiger partial charge in [0.15, 0.2) is 0 Å². The number of carboxylic acid groups (broad SMARTS) is 1. The highest BCUT2D eigenvalue weighted by atomic mass is 32.2. The fourth-order valence-corrected chi connectivity index (χ4v) is 5.16. The highest BCUT2D eigenvalue weighted by molar-refractivity contribution is 7.89. The van der Waals surface area contributed by atoms with E-state index in [2.05, 4.69) is 5.32 Å². The molecule has 1 aliphatic rings. The first-order valence-electron chi connectivity index (χ1n) is 10.0. The van der Waals surface area contributed by atoms with Crippen molar-refractivity contribution in [1.29, 1.82) is 0 Å². The molecule has 3 rings (SSSR count). The van der Waals surface area contributed by atoms with E-state index in [0.717, 1.165) is 5.56 Å². The fourth-order valence-electron chi connectivity index (χ4n) is 3.58. The minimum Gasteiger partial charge on any atom is -0.478 e. The molecule has 0 aliphatic carbocycles. The second-order valence-electron chi connectivity index (χ2n) is 7.47. The van der Waals surface area contributed by atoms with Crippen LogP contribution in [-0.2, 0) is 21.2 Å². The lowest BCUT2D eigenvalue weighted by atomic mass is 9.98.